The summed E-state index contributed by atoms with van der Waals surface area (Å²) in [6.45, 7) is 3.35. The number of nitrogens with one attached hydrogen (secondary N) is 1. The first-order valence-electron chi connectivity index (χ1n) is 4.47. The number of aromatic nitrogens is 3. The second-order valence-electron chi connectivity index (χ2n) is 3.71. The molecule has 0 aliphatic carbocycles. The summed E-state index contributed by atoms with van der Waals surface area (Å²) >= 11 is 0. The zero-order chi connectivity index (χ0) is 9.31. The van der Waals surface area contributed by atoms with E-state index in [0.717, 1.165) is 13.0 Å². The number of aliphatic hydroxyl groups is 1. The maximum absolute atomic E-state index is 10.1. The highest BCUT2D eigenvalue weighted by atomic mass is 16.3. The van der Waals surface area contributed by atoms with Crippen molar-refractivity contribution >= 4 is 0 Å². The van der Waals surface area contributed by atoms with Gasteiger partial charge in [0.05, 0.1) is 11.6 Å². The third kappa shape index (κ3) is 1.57. The Morgan fingerprint density at radius 1 is 1.69 bits per heavy atom. The summed E-state index contributed by atoms with van der Waals surface area (Å²) < 4.78 is 1.74. The van der Waals surface area contributed by atoms with Gasteiger partial charge in [-0.25, -0.2) is 9.67 Å². The monoisotopic (exact) mass is 182 g/mol. The zero-order valence-electron chi connectivity index (χ0n) is 7.64. The van der Waals surface area contributed by atoms with E-state index in [4.69, 9.17) is 0 Å². The van der Waals surface area contributed by atoms with Crippen LogP contribution in [-0.4, -0.2) is 38.6 Å². The minimum absolute atomic E-state index is 0.0382. The summed E-state index contributed by atoms with van der Waals surface area (Å²) in [5, 5.41) is 17.3. The molecule has 2 rings (SSSR count). The molecule has 0 saturated carbocycles. The Labute approximate surface area is 76.8 Å². The van der Waals surface area contributed by atoms with E-state index in [0.29, 0.717) is 6.54 Å². The molecule has 1 aromatic heterocycles. The molecule has 1 fully saturated rings. The van der Waals surface area contributed by atoms with Gasteiger partial charge in [-0.2, -0.15) is 5.10 Å². The van der Waals surface area contributed by atoms with Crippen LogP contribution in [0.15, 0.2) is 12.7 Å². The van der Waals surface area contributed by atoms with Crippen molar-refractivity contribution in [2.24, 2.45) is 0 Å². The molecule has 5 heteroatoms. The molecular weight excluding hydrogens is 168 g/mol. The summed E-state index contributed by atoms with van der Waals surface area (Å²) in [7, 11) is 0. The summed E-state index contributed by atoms with van der Waals surface area (Å²) in [6, 6.07) is 0.0382. The molecule has 1 aliphatic heterocycles. The highest BCUT2D eigenvalue weighted by Crippen LogP contribution is 2.26. The summed E-state index contributed by atoms with van der Waals surface area (Å²) in [6.07, 6.45) is 4.04. The van der Waals surface area contributed by atoms with Crippen LogP contribution < -0.4 is 5.32 Å². The van der Waals surface area contributed by atoms with Crippen molar-refractivity contribution in [2.75, 3.05) is 13.1 Å². The van der Waals surface area contributed by atoms with Gasteiger partial charge >= 0.3 is 0 Å². The number of β-amino-alcohol motifs (C(OH)–C–C–N with tert-alkyl or cyclic N) is 1. The Bertz CT molecular complexity index is 270. The molecule has 0 amide bonds. The van der Waals surface area contributed by atoms with Crippen molar-refractivity contribution in [3.63, 3.8) is 0 Å². The average Bonchev–Trinajstić information content (AvgIpc) is 2.55. The van der Waals surface area contributed by atoms with Crippen LogP contribution in [0.4, 0.5) is 0 Å². The van der Waals surface area contributed by atoms with Gasteiger partial charge in [-0.1, -0.05) is 0 Å². The molecule has 13 heavy (non-hydrogen) atoms. The van der Waals surface area contributed by atoms with Gasteiger partial charge in [-0.05, 0) is 19.9 Å². The second kappa shape index (κ2) is 3.08. The predicted octanol–water partition coefficient (Wildman–Crippen LogP) is -0.437. The van der Waals surface area contributed by atoms with Gasteiger partial charge in [0, 0.05) is 6.54 Å². The highest BCUT2D eigenvalue weighted by molar-refractivity contribution is 4.92. The fraction of sp³-hybridized carbons (Fsp3) is 0.750. The minimum Gasteiger partial charge on any atom is -0.387 e. The summed E-state index contributed by atoms with van der Waals surface area (Å²) in [4.78, 5) is 3.88. The average molecular weight is 182 g/mol. The third-order valence-electron chi connectivity index (χ3n) is 2.55. The Morgan fingerprint density at radius 3 is 3.15 bits per heavy atom. The van der Waals surface area contributed by atoms with Crippen molar-refractivity contribution < 1.29 is 5.11 Å². The molecule has 0 spiro atoms. The smallest absolute Gasteiger partial charge is 0.137 e. The first-order chi connectivity index (χ1) is 6.20. The largest absolute Gasteiger partial charge is 0.387 e. The van der Waals surface area contributed by atoms with Crippen LogP contribution in [0, 0.1) is 0 Å². The fourth-order valence-electron chi connectivity index (χ4n) is 1.80. The van der Waals surface area contributed by atoms with Gasteiger partial charge in [0.25, 0.3) is 0 Å². The molecule has 1 aliphatic rings. The van der Waals surface area contributed by atoms with Gasteiger partial charge in [0.1, 0.15) is 12.7 Å². The van der Waals surface area contributed by atoms with Crippen LogP contribution >= 0.6 is 0 Å². The predicted molar refractivity (Wildman–Crippen MR) is 47.2 cm³/mol. The summed E-state index contributed by atoms with van der Waals surface area (Å²) in [5.74, 6) is 0. The van der Waals surface area contributed by atoms with Crippen molar-refractivity contribution in [1.29, 1.82) is 0 Å². The van der Waals surface area contributed by atoms with Crippen LogP contribution in [0.1, 0.15) is 19.4 Å². The van der Waals surface area contributed by atoms with Gasteiger partial charge in [0.15, 0.2) is 0 Å². The molecule has 5 nitrogen and oxygen atoms in total. The van der Waals surface area contributed by atoms with E-state index in [-0.39, 0.29) is 6.04 Å². The Balaban J connectivity index is 2.21. The van der Waals surface area contributed by atoms with Crippen molar-refractivity contribution in [2.45, 2.75) is 25.0 Å². The topological polar surface area (TPSA) is 63.0 Å². The lowest BCUT2D eigenvalue weighted by Gasteiger charge is -2.37. The van der Waals surface area contributed by atoms with Crippen LogP contribution in [0.25, 0.3) is 0 Å². The lowest BCUT2D eigenvalue weighted by atomic mass is 9.90. The fourth-order valence-corrected chi connectivity index (χ4v) is 1.80. The van der Waals surface area contributed by atoms with E-state index in [1.165, 1.54) is 6.33 Å². The Kier molecular flexibility index (Phi) is 2.05. The molecule has 2 atom stereocenters. The molecule has 0 aromatic carbocycles. The molecule has 0 bridgehead atoms. The van der Waals surface area contributed by atoms with E-state index in [1.807, 2.05) is 6.92 Å². The van der Waals surface area contributed by atoms with Crippen molar-refractivity contribution in [3.05, 3.63) is 12.7 Å². The number of rotatable bonds is 1. The normalized spacial score (nSPS) is 34.8. The van der Waals surface area contributed by atoms with Gasteiger partial charge in [-0.3, -0.25) is 0 Å². The Hall–Kier alpha value is -0.940. The molecule has 0 radical (unpaired) electrons. The molecule has 72 valence electrons. The lowest BCUT2D eigenvalue weighted by molar-refractivity contribution is -0.0174. The zero-order valence-corrected chi connectivity index (χ0v) is 7.64. The number of hydrogen-bond donors (Lipinski definition) is 2. The maximum Gasteiger partial charge on any atom is 0.137 e. The first kappa shape index (κ1) is 8.65. The molecule has 0 unspecified atom stereocenters. The van der Waals surface area contributed by atoms with Gasteiger partial charge in [0.2, 0.25) is 0 Å². The SMILES string of the molecule is C[C@@]1(O)CNCC[C@H]1n1cncn1. The molecular formula is C8H14N4O. The van der Waals surface area contributed by atoms with E-state index in [1.54, 1.807) is 11.0 Å². The van der Waals surface area contributed by atoms with E-state index >= 15 is 0 Å². The second-order valence-corrected chi connectivity index (χ2v) is 3.71. The number of nitrogens with zero attached hydrogens (tertiary/aromatic N) is 3. The standard InChI is InChI=1S/C8H14N4O/c1-8(13)4-9-3-2-7(8)12-6-10-5-11-12/h5-7,9,13H,2-4H2,1H3/t7-,8-/m1/s1. The number of hydrogen-bond acceptors (Lipinski definition) is 4. The van der Waals surface area contributed by atoms with Crippen LogP contribution in [0.5, 0.6) is 0 Å². The molecule has 1 saturated heterocycles. The van der Waals surface area contributed by atoms with E-state index < -0.39 is 5.60 Å². The number of piperidine rings is 1. The van der Waals surface area contributed by atoms with E-state index in [2.05, 4.69) is 15.4 Å². The van der Waals surface area contributed by atoms with Crippen molar-refractivity contribution in [3.8, 4) is 0 Å². The summed E-state index contributed by atoms with van der Waals surface area (Å²) in [5.41, 5.74) is -0.730. The molecule has 1 aromatic rings. The van der Waals surface area contributed by atoms with E-state index in [9.17, 15) is 5.11 Å². The maximum atomic E-state index is 10.1. The van der Waals surface area contributed by atoms with Crippen LogP contribution in [0.3, 0.4) is 0 Å². The quantitative estimate of drug-likeness (QED) is 0.618. The van der Waals surface area contributed by atoms with Crippen LogP contribution in [0.2, 0.25) is 0 Å². The minimum atomic E-state index is -0.730. The van der Waals surface area contributed by atoms with Crippen LogP contribution in [-0.2, 0) is 0 Å². The lowest BCUT2D eigenvalue weighted by Crippen LogP contribution is -2.50. The first-order valence-corrected chi connectivity index (χ1v) is 4.47. The molecule has 2 heterocycles. The highest BCUT2D eigenvalue weighted by Gasteiger charge is 2.36. The third-order valence-corrected chi connectivity index (χ3v) is 2.55. The molecule has 2 N–H and O–H groups in total. The van der Waals surface area contributed by atoms with Gasteiger partial charge in [-0.15, -0.1) is 0 Å². The Morgan fingerprint density at radius 2 is 2.54 bits per heavy atom. The van der Waals surface area contributed by atoms with Crippen molar-refractivity contribution in [1.82, 2.24) is 20.1 Å². The van der Waals surface area contributed by atoms with Gasteiger partial charge < -0.3 is 10.4 Å².